The fraction of sp³-hybridized carbons (Fsp3) is 0. The predicted molar refractivity (Wildman–Crippen MR) is 58.7 cm³/mol. The molecule has 0 radical (unpaired) electrons. The third kappa shape index (κ3) is 1.94. The first kappa shape index (κ1) is 8.82. The van der Waals surface area contributed by atoms with Gasteiger partial charge < -0.3 is 4.98 Å². The molecule has 2 rings (SSSR count). The molecule has 2 aromatic rings. The van der Waals surface area contributed by atoms with Gasteiger partial charge in [-0.3, -0.25) is 4.79 Å². The van der Waals surface area contributed by atoms with E-state index in [4.69, 9.17) is 0 Å². The summed E-state index contributed by atoms with van der Waals surface area (Å²) in [5.74, 6) is 0. The molecule has 0 fully saturated rings. The van der Waals surface area contributed by atoms with Crippen LogP contribution < -0.4 is 5.56 Å². The third-order valence-corrected chi connectivity index (χ3v) is 3.02. The number of aromatic nitrogens is 3. The Bertz CT molecular complexity index is 478. The highest BCUT2D eigenvalue weighted by Gasteiger charge is 2.04. The Morgan fingerprint density at radius 1 is 1.38 bits per heavy atom. The molecule has 66 valence electrons. The van der Waals surface area contributed by atoms with Gasteiger partial charge in [-0.15, -0.1) is 10.2 Å². The van der Waals surface area contributed by atoms with Gasteiger partial charge in [-0.1, -0.05) is 17.4 Å². The number of hydrogen-bond donors (Lipinski definition) is 1. The fourth-order valence-electron chi connectivity index (χ4n) is 0.887. The summed E-state index contributed by atoms with van der Waals surface area (Å²) in [6, 6.07) is 4.97. The molecule has 1 N–H and O–H groups in total. The number of halogens is 1. The van der Waals surface area contributed by atoms with Crippen molar-refractivity contribution < 1.29 is 0 Å². The number of hydrogen-bond acceptors (Lipinski definition) is 4. The van der Waals surface area contributed by atoms with Crippen molar-refractivity contribution in [3.8, 4) is 10.7 Å². The zero-order valence-corrected chi connectivity index (χ0v) is 9.29. The predicted octanol–water partition coefficient (Wildman–Crippen LogP) is 1.50. The Hall–Kier alpha value is -0.760. The molecule has 0 bridgehead atoms. The van der Waals surface area contributed by atoms with E-state index in [0.717, 1.165) is 8.02 Å². The van der Waals surface area contributed by atoms with Crippen molar-refractivity contribution in [1.82, 2.24) is 15.2 Å². The molecule has 4 nitrogen and oxygen atoms in total. The summed E-state index contributed by atoms with van der Waals surface area (Å²) in [5, 5.41) is 8.51. The molecule has 2 aromatic heterocycles. The molecule has 2 heterocycles. The van der Waals surface area contributed by atoms with Gasteiger partial charge in [0.25, 0.3) is 0 Å². The first-order valence-electron chi connectivity index (χ1n) is 3.44. The Morgan fingerprint density at radius 2 is 2.23 bits per heavy atom. The van der Waals surface area contributed by atoms with E-state index >= 15 is 0 Å². The van der Waals surface area contributed by atoms with Crippen LogP contribution in [0.5, 0.6) is 0 Å². The van der Waals surface area contributed by atoms with Crippen LogP contribution in [0.4, 0.5) is 0 Å². The molecule has 0 aliphatic carbocycles. The van der Waals surface area contributed by atoms with Crippen molar-refractivity contribution >= 4 is 33.9 Å². The maximum atomic E-state index is 11.0. The first-order valence-corrected chi connectivity index (χ1v) is 5.34. The normalized spacial score (nSPS) is 10.2. The number of aromatic amines is 1. The molecule has 6 heteroatoms. The van der Waals surface area contributed by atoms with E-state index in [0.29, 0.717) is 5.69 Å². The van der Waals surface area contributed by atoms with Crippen LogP contribution in [0.1, 0.15) is 0 Å². The highest BCUT2D eigenvalue weighted by atomic mass is 127. The van der Waals surface area contributed by atoms with Crippen molar-refractivity contribution in [3.05, 3.63) is 31.6 Å². The van der Waals surface area contributed by atoms with E-state index in [9.17, 15) is 4.79 Å². The monoisotopic (exact) mass is 305 g/mol. The van der Waals surface area contributed by atoms with Gasteiger partial charge in [0.1, 0.15) is 0 Å². The van der Waals surface area contributed by atoms with Gasteiger partial charge in [0.15, 0.2) is 8.02 Å². The summed E-state index contributed by atoms with van der Waals surface area (Å²) in [6.45, 7) is 0. The molecule has 0 amide bonds. The highest BCUT2D eigenvalue weighted by molar-refractivity contribution is 14.1. The molecule has 0 spiro atoms. The third-order valence-electron chi connectivity index (χ3n) is 1.40. The molecule has 0 saturated carbocycles. The molecule has 0 aliphatic rings. The van der Waals surface area contributed by atoms with E-state index in [1.807, 2.05) is 0 Å². The summed E-state index contributed by atoms with van der Waals surface area (Å²) in [5.41, 5.74) is 0.593. The topological polar surface area (TPSA) is 58.6 Å². The molecule has 0 saturated heterocycles. The minimum absolute atomic E-state index is 0.122. The van der Waals surface area contributed by atoms with Crippen LogP contribution in [-0.2, 0) is 0 Å². The summed E-state index contributed by atoms with van der Waals surface area (Å²) in [7, 11) is 0. The molecule has 0 atom stereocenters. The summed E-state index contributed by atoms with van der Waals surface area (Å²) >= 11 is 3.53. The molecule has 0 unspecified atom stereocenters. The van der Waals surface area contributed by atoms with Gasteiger partial charge >= 0.3 is 0 Å². The van der Waals surface area contributed by atoms with Crippen molar-refractivity contribution in [2.75, 3.05) is 0 Å². The smallest absolute Gasteiger partial charge is 0.248 e. The van der Waals surface area contributed by atoms with Crippen LogP contribution in [0.3, 0.4) is 0 Å². The van der Waals surface area contributed by atoms with Gasteiger partial charge in [-0.25, -0.2) is 0 Å². The minimum Gasteiger partial charge on any atom is -0.320 e. The van der Waals surface area contributed by atoms with Crippen LogP contribution >= 0.6 is 33.9 Å². The van der Waals surface area contributed by atoms with Gasteiger partial charge in [-0.2, -0.15) is 0 Å². The molecular formula is C7H4IN3OS. The summed E-state index contributed by atoms with van der Waals surface area (Å²) in [4.78, 5) is 13.7. The summed E-state index contributed by atoms with van der Waals surface area (Å²) in [6.07, 6.45) is 0. The highest BCUT2D eigenvalue weighted by Crippen LogP contribution is 2.20. The van der Waals surface area contributed by atoms with Crippen LogP contribution in [0.25, 0.3) is 10.7 Å². The number of H-pyrrole nitrogens is 1. The van der Waals surface area contributed by atoms with Crippen LogP contribution in [0.15, 0.2) is 23.0 Å². The van der Waals surface area contributed by atoms with Gasteiger partial charge in [0, 0.05) is 6.07 Å². The quantitative estimate of drug-likeness (QED) is 0.812. The van der Waals surface area contributed by atoms with Crippen LogP contribution in [-0.4, -0.2) is 15.2 Å². The van der Waals surface area contributed by atoms with E-state index in [-0.39, 0.29) is 5.56 Å². The van der Waals surface area contributed by atoms with Crippen LogP contribution in [0.2, 0.25) is 0 Å². The second-order valence-corrected chi connectivity index (χ2v) is 5.02. The second kappa shape index (κ2) is 3.54. The number of nitrogens with one attached hydrogen (secondary N) is 1. The zero-order valence-electron chi connectivity index (χ0n) is 6.32. The SMILES string of the molecule is O=c1cccc(-c2nnc(I)s2)[nH]1. The number of pyridine rings is 1. The van der Waals surface area contributed by atoms with Crippen molar-refractivity contribution in [1.29, 1.82) is 0 Å². The van der Waals surface area contributed by atoms with E-state index in [1.54, 1.807) is 12.1 Å². The van der Waals surface area contributed by atoms with Crippen molar-refractivity contribution in [3.63, 3.8) is 0 Å². The van der Waals surface area contributed by atoms with Gasteiger partial charge in [0.2, 0.25) is 5.56 Å². The Balaban J connectivity index is 2.52. The van der Waals surface area contributed by atoms with E-state index < -0.39 is 0 Å². The van der Waals surface area contributed by atoms with Gasteiger partial charge in [-0.05, 0) is 28.7 Å². The molecular weight excluding hydrogens is 301 g/mol. The second-order valence-electron chi connectivity index (χ2n) is 2.29. The first-order chi connectivity index (χ1) is 6.25. The van der Waals surface area contributed by atoms with Gasteiger partial charge in [0.05, 0.1) is 5.69 Å². The lowest BCUT2D eigenvalue weighted by Gasteiger charge is -1.91. The molecule has 0 aromatic carbocycles. The average molecular weight is 305 g/mol. The lowest BCUT2D eigenvalue weighted by atomic mass is 10.4. The maximum Gasteiger partial charge on any atom is 0.248 e. The largest absolute Gasteiger partial charge is 0.320 e. The summed E-state index contributed by atoms with van der Waals surface area (Å²) < 4.78 is 0.859. The maximum absolute atomic E-state index is 11.0. The molecule has 13 heavy (non-hydrogen) atoms. The number of nitrogens with zero attached hydrogens (tertiary/aromatic N) is 2. The van der Waals surface area contributed by atoms with Crippen LogP contribution in [0, 0.1) is 3.01 Å². The minimum atomic E-state index is -0.122. The average Bonchev–Trinajstić information content (AvgIpc) is 2.52. The Labute approximate surface area is 91.2 Å². The Kier molecular flexibility index (Phi) is 2.40. The lowest BCUT2D eigenvalue weighted by Crippen LogP contribution is -2.03. The van der Waals surface area contributed by atoms with E-state index in [1.165, 1.54) is 17.4 Å². The molecule has 0 aliphatic heterocycles. The zero-order chi connectivity index (χ0) is 9.26. The van der Waals surface area contributed by atoms with Crippen molar-refractivity contribution in [2.45, 2.75) is 0 Å². The number of rotatable bonds is 1. The van der Waals surface area contributed by atoms with Crippen molar-refractivity contribution in [2.24, 2.45) is 0 Å². The van der Waals surface area contributed by atoms with E-state index in [2.05, 4.69) is 37.8 Å². The lowest BCUT2D eigenvalue weighted by molar-refractivity contribution is 1.06. The fourth-order valence-corrected chi connectivity index (χ4v) is 2.17. The Morgan fingerprint density at radius 3 is 2.85 bits per heavy atom. The standard InChI is InChI=1S/C7H4IN3OS/c8-7-11-10-6(13-7)4-2-1-3-5(12)9-4/h1-3H,(H,9,12).